The molecule has 0 heterocycles. The monoisotopic (exact) mass is 379 g/mol. The molecule has 0 radical (unpaired) electrons. The van der Waals surface area contributed by atoms with Gasteiger partial charge in [-0.25, -0.2) is 22.0 Å². The molecule has 1 aromatic carbocycles. The molecule has 3 nitrogen and oxygen atoms in total. The highest BCUT2D eigenvalue weighted by atomic mass is 19.2. The van der Waals surface area contributed by atoms with Gasteiger partial charge in [-0.1, -0.05) is 20.8 Å². The lowest BCUT2D eigenvalue weighted by atomic mass is 9.68. The number of rotatable bonds is 3. The van der Waals surface area contributed by atoms with E-state index in [-0.39, 0.29) is 18.3 Å². The Balaban J connectivity index is 2.27. The summed E-state index contributed by atoms with van der Waals surface area (Å²) in [4.78, 5) is 12.6. The molecule has 0 atom stereocenters. The van der Waals surface area contributed by atoms with Gasteiger partial charge in [0.05, 0.1) is 0 Å². The Kier molecular flexibility index (Phi) is 5.66. The molecule has 8 heteroatoms. The lowest BCUT2D eigenvalue weighted by Gasteiger charge is -2.42. The lowest BCUT2D eigenvalue weighted by Crippen LogP contribution is -2.48. The number of carbonyl (C=O) groups excluding carboxylic acids is 1. The van der Waals surface area contributed by atoms with Gasteiger partial charge in [-0.3, -0.25) is 4.79 Å². The molecule has 0 unspecified atom stereocenters. The maximum atomic E-state index is 13.8. The minimum atomic E-state index is -2.27. The van der Waals surface area contributed by atoms with Crippen LogP contribution in [0.3, 0.4) is 0 Å². The molecule has 0 bridgehead atoms. The summed E-state index contributed by atoms with van der Waals surface area (Å²) in [7, 11) is 1.29. The van der Waals surface area contributed by atoms with Gasteiger partial charge in [0.2, 0.25) is 5.82 Å². The topological polar surface area (TPSA) is 38.3 Å². The van der Waals surface area contributed by atoms with Crippen molar-refractivity contribution in [1.82, 2.24) is 0 Å². The molecule has 2 rings (SSSR count). The number of hydrogen-bond donors (Lipinski definition) is 1. The normalized spacial score (nSPS) is 23.8. The van der Waals surface area contributed by atoms with E-state index < -0.39 is 46.3 Å². The van der Waals surface area contributed by atoms with Gasteiger partial charge >= 0.3 is 0 Å². The first-order valence-corrected chi connectivity index (χ1v) is 8.32. The summed E-state index contributed by atoms with van der Waals surface area (Å²) in [6.45, 7) is 6.23. The summed E-state index contributed by atoms with van der Waals surface area (Å²) in [5.41, 5.74) is -2.71. The fourth-order valence-corrected chi connectivity index (χ4v) is 3.42. The second-order valence-electron chi connectivity index (χ2n) is 7.74. The smallest absolute Gasteiger partial charge is 0.256 e. The van der Waals surface area contributed by atoms with E-state index in [0.717, 1.165) is 0 Å². The van der Waals surface area contributed by atoms with Gasteiger partial charge in [-0.05, 0) is 37.0 Å². The second-order valence-corrected chi connectivity index (χ2v) is 7.74. The quantitative estimate of drug-likeness (QED) is 0.459. The van der Waals surface area contributed by atoms with Crippen LogP contribution >= 0.6 is 0 Å². The van der Waals surface area contributed by atoms with Crippen molar-refractivity contribution in [3.8, 4) is 0 Å². The third-order valence-electron chi connectivity index (χ3n) is 5.27. The number of methoxy groups -OCH3 is 1. The summed E-state index contributed by atoms with van der Waals surface area (Å²) in [5.74, 6) is -11.2. The first kappa shape index (κ1) is 20.6. The zero-order valence-electron chi connectivity index (χ0n) is 15.1. The van der Waals surface area contributed by atoms with Crippen molar-refractivity contribution in [3.05, 3.63) is 29.1 Å². The lowest BCUT2D eigenvalue weighted by molar-refractivity contribution is -0.144. The molecule has 146 valence electrons. The van der Waals surface area contributed by atoms with E-state index in [1.807, 2.05) is 5.32 Å². The minimum absolute atomic E-state index is 0.0256. The molecule has 1 aliphatic rings. The summed E-state index contributed by atoms with van der Waals surface area (Å²) < 4.78 is 72.7. The molecule has 26 heavy (non-hydrogen) atoms. The molecule has 1 saturated carbocycles. The van der Waals surface area contributed by atoms with Gasteiger partial charge in [-0.2, -0.15) is 0 Å². The van der Waals surface area contributed by atoms with E-state index in [4.69, 9.17) is 4.74 Å². The molecule has 1 fully saturated rings. The number of amides is 1. The van der Waals surface area contributed by atoms with E-state index in [2.05, 4.69) is 20.8 Å². The van der Waals surface area contributed by atoms with E-state index >= 15 is 0 Å². The predicted molar refractivity (Wildman–Crippen MR) is 86.0 cm³/mol. The maximum absolute atomic E-state index is 13.8. The number of hydrogen-bond acceptors (Lipinski definition) is 2. The van der Waals surface area contributed by atoms with Crippen LogP contribution in [0.5, 0.6) is 0 Å². The van der Waals surface area contributed by atoms with E-state index in [9.17, 15) is 26.7 Å². The van der Waals surface area contributed by atoms with Crippen LogP contribution in [0, 0.1) is 40.4 Å². The highest BCUT2D eigenvalue weighted by Crippen LogP contribution is 2.43. The first-order chi connectivity index (χ1) is 11.9. The fourth-order valence-electron chi connectivity index (χ4n) is 3.42. The van der Waals surface area contributed by atoms with Crippen molar-refractivity contribution in [2.24, 2.45) is 11.3 Å². The van der Waals surface area contributed by atoms with E-state index in [1.54, 1.807) is 0 Å². The summed E-state index contributed by atoms with van der Waals surface area (Å²) in [5, 5.41) is 1.84. The maximum Gasteiger partial charge on any atom is 0.256 e. The van der Waals surface area contributed by atoms with Crippen molar-refractivity contribution in [3.63, 3.8) is 0 Å². The first-order valence-electron chi connectivity index (χ1n) is 8.32. The highest BCUT2D eigenvalue weighted by Gasteiger charge is 2.45. The molecule has 1 amide bonds. The van der Waals surface area contributed by atoms with Crippen LogP contribution in [0.15, 0.2) is 0 Å². The highest BCUT2D eigenvalue weighted by molar-refractivity contribution is 5.97. The van der Waals surface area contributed by atoms with Crippen LogP contribution in [0.4, 0.5) is 27.6 Å². The Hall–Kier alpha value is -1.70. The van der Waals surface area contributed by atoms with Gasteiger partial charge in [-0.15, -0.1) is 0 Å². The van der Waals surface area contributed by atoms with Gasteiger partial charge in [0.1, 0.15) is 11.3 Å². The van der Waals surface area contributed by atoms with Crippen molar-refractivity contribution in [2.45, 2.75) is 52.1 Å². The number of carbonyl (C=O) groups is 1. The molecule has 0 aliphatic heterocycles. The SMILES string of the molecule is COC1(C(=O)Nc2c(F)c(F)c(F)c(F)c2F)CCC(C(C)(C)C)CC1. The van der Waals surface area contributed by atoms with Crippen LogP contribution in [0.1, 0.15) is 46.5 Å². The Morgan fingerprint density at radius 2 is 1.38 bits per heavy atom. The van der Waals surface area contributed by atoms with Gasteiger partial charge in [0.15, 0.2) is 23.3 Å². The molecule has 0 saturated heterocycles. The molecule has 1 N–H and O–H groups in total. The van der Waals surface area contributed by atoms with Crippen molar-refractivity contribution < 1.29 is 31.5 Å². The third kappa shape index (κ3) is 3.56. The Morgan fingerprint density at radius 3 is 1.77 bits per heavy atom. The molecular formula is C18H22F5NO2. The summed E-state index contributed by atoms with van der Waals surface area (Å²) >= 11 is 0. The fraction of sp³-hybridized carbons (Fsp3) is 0.611. The third-order valence-corrected chi connectivity index (χ3v) is 5.27. The number of halogens is 5. The standard InChI is InChI=1S/C18H22F5NO2/c1-17(2,3)9-5-7-18(26-4,8-6-9)16(25)24-15-13(22)11(20)10(19)12(21)14(15)23/h9H,5-8H2,1-4H3,(H,24,25). The Morgan fingerprint density at radius 1 is 0.962 bits per heavy atom. The number of benzene rings is 1. The van der Waals surface area contributed by atoms with Gasteiger partial charge < -0.3 is 10.1 Å². The Labute approximate surface area is 148 Å². The Bertz CT molecular complexity index is 678. The summed E-state index contributed by atoms with van der Waals surface area (Å²) in [6, 6.07) is 0. The van der Waals surface area contributed by atoms with Crippen LogP contribution in [0.25, 0.3) is 0 Å². The van der Waals surface area contributed by atoms with Gasteiger partial charge in [0, 0.05) is 7.11 Å². The number of anilines is 1. The molecule has 0 spiro atoms. The molecular weight excluding hydrogens is 357 g/mol. The molecule has 1 aliphatic carbocycles. The zero-order chi connectivity index (χ0) is 19.9. The average Bonchev–Trinajstić information content (AvgIpc) is 2.61. The van der Waals surface area contributed by atoms with Gasteiger partial charge in [0.25, 0.3) is 5.91 Å². The molecule has 1 aromatic rings. The number of nitrogens with one attached hydrogen (secondary N) is 1. The van der Waals surface area contributed by atoms with Crippen LogP contribution in [-0.2, 0) is 9.53 Å². The average molecular weight is 379 g/mol. The summed E-state index contributed by atoms with van der Waals surface area (Å²) in [6.07, 6.45) is 1.85. The largest absolute Gasteiger partial charge is 0.368 e. The van der Waals surface area contributed by atoms with E-state index in [0.29, 0.717) is 18.8 Å². The second kappa shape index (κ2) is 7.13. The van der Waals surface area contributed by atoms with Crippen LogP contribution in [0.2, 0.25) is 0 Å². The molecule has 0 aromatic heterocycles. The minimum Gasteiger partial charge on any atom is -0.368 e. The van der Waals surface area contributed by atoms with Crippen molar-refractivity contribution >= 4 is 11.6 Å². The van der Waals surface area contributed by atoms with Crippen LogP contribution in [-0.4, -0.2) is 18.6 Å². The van der Waals surface area contributed by atoms with Crippen LogP contribution < -0.4 is 5.32 Å². The zero-order valence-corrected chi connectivity index (χ0v) is 15.1. The van der Waals surface area contributed by atoms with Crippen molar-refractivity contribution in [2.75, 3.05) is 12.4 Å². The predicted octanol–water partition coefficient (Wildman–Crippen LogP) is 4.94. The number of ether oxygens (including phenoxy) is 1. The van der Waals surface area contributed by atoms with Crippen molar-refractivity contribution in [1.29, 1.82) is 0 Å². The van der Waals surface area contributed by atoms with E-state index in [1.165, 1.54) is 7.11 Å².